The second-order valence-electron chi connectivity index (χ2n) is 4.02. The summed E-state index contributed by atoms with van der Waals surface area (Å²) in [5.41, 5.74) is 6.72. The largest absolute Gasteiger partial charge is 0.327 e. The zero-order valence-electron chi connectivity index (χ0n) is 9.80. The lowest BCUT2D eigenvalue weighted by Gasteiger charge is -2.06. The average molecular weight is 262 g/mol. The van der Waals surface area contributed by atoms with Crippen molar-refractivity contribution in [1.29, 1.82) is 0 Å². The van der Waals surface area contributed by atoms with Crippen molar-refractivity contribution in [3.05, 3.63) is 16.1 Å². The summed E-state index contributed by atoms with van der Waals surface area (Å²) >= 11 is 1.39. The summed E-state index contributed by atoms with van der Waals surface area (Å²) in [5, 5.41) is 2.02. The maximum atomic E-state index is 11.4. The van der Waals surface area contributed by atoms with Crippen molar-refractivity contribution in [2.24, 2.45) is 5.73 Å². The highest BCUT2D eigenvalue weighted by atomic mass is 32.2. The molecule has 6 heteroatoms. The summed E-state index contributed by atoms with van der Waals surface area (Å²) in [5.74, 6) is 0. The summed E-state index contributed by atoms with van der Waals surface area (Å²) in [6.45, 7) is 3.69. The Balaban J connectivity index is 2.79. The van der Waals surface area contributed by atoms with E-state index in [-0.39, 0.29) is 6.04 Å². The van der Waals surface area contributed by atoms with Gasteiger partial charge in [0.15, 0.2) is 9.84 Å². The van der Waals surface area contributed by atoms with Crippen LogP contribution in [0.5, 0.6) is 0 Å². The summed E-state index contributed by atoms with van der Waals surface area (Å²) in [4.78, 5) is 4.32. The molecule has 2 unspecified atom stereocenters. The van der Waals surface area contributed by atoms with Gasteiger partial charge in [-0.25, -0.2) is 13.4 Å². The van der Waals surface area contributed by atoms with Gasteiger partial charge in [-0.15, -0.1) is 11.3 Å². The Kier molecular flexibility index (Phi) is 4.46. The minimum atomic E-state index is -3.06. The number of nitrogens with zero attached hydrogens (tertiary/aromatic N) is 1. The highest BCUT2D eigenvalue weighted by Crippen LogP contribution is 2.24. The first kappa shape index (κ1) is 13.6. The molecular weight excluding hydrogens is 244 g/mol. The van der Waals surface area contributed by atoms with E-state index in [4.69, 9.17) is 5.73 Å². The standard InChI is InChI=1S/C10H18N2O2S2/c1-4-8(11)5-9-6-15-10(12-9)7(2)16(3,13)14/h6-8H,4-5,11H2,1-3H3. The zero-order chi connectivity index (χ0) is 12.3. The lowest BCUT2D eigenvalue weighted by molar-refractivity contribution is 0.591. The summed E-state index contributed by atoms with van der Waals surface area (Å²) < 4.78 is 22.7. The molecule has 0 amide bonds. The van der Waals surface area contributed by atoms with E-state index >= 15 is 0 Å². The number of rotatable bonds is 5. The topological polar surface area (TPSA) is 73.1 Å². The number of thiazole rings is 1. The minimum absolute atomic E-state index is 0.100. The van der Waals surface area contributed by atoms with Gasteiger partial charge >= 0.3 is 0 Å². The van der Waals surface area contributed by atoms with Gasteiger partial charge in [-0.1, -0.05) is 6.92 Å². The van der Waals surface area contributed by atoms with Gasteiger partial charge < -0.3 is 5.73 Å². The molecule has 1 heterocycles. The Bertz CT molecular complexity index is 439. The Hall–Kier alpha value is -0.460. The fourth-order valence-electron chi connectivity index (χ4n) is 1.20. The van der Waals surface area contributed by atoms with E-state index in [1.54, 1.807) is 6.92 Å². The molecule has 0 aliphatic rings. The second kappa shape index (κ2) is 5.25. The molecule has 92 valence electrons. The first-order valence-electron chi connectivity index (χ1n) is 5.23. The maximum Gasteiger partial charge on any atom is 0.156 e. The molecule has 16 heavy (non-hydrogen) atoms. The molecule has 0 bridgehead atoms. The van der Waals surface area contributed by atoms with E-state index in [9.17, 15) is 8.42 Å². The molecule has 0 aromatic carbocycles. The Morgan fingerprint density at radius 3 is 2.69 bits per heavy atom. The van der Waals surface area contributed by atoms with Crippen LogP contribution in [-0.4, -0.2) is 25.7 Å². The van der Waals surface area contributed by atoms with Gasteiger partial charge in [-0.2, -0.15) is 0 Å². The molecule has 0 fully saturated rings. The predicted octanol–water partition coefficient (Wildman–Crippen LogP) is 1.53. The van der Waals surface area contributed by atoms with E-state index in [1.807, 2.05) is 12.3 Å². The Labute approximate surface area is 101 Å². The average Bonchev–Trinajstić information content (AvgIpc) is 2.63. The van der Waals surface area contributed by atoms with Gasteiger partial charge in [-0.3, -0.25) is 0 Å². The summed E-state index contributed by atoms with van der Waals surface area (Å²) in [6, 6.07) is 0.100. The monoisotopic (exact) mass is 262 g/mol. The number of aromatic nitrogens is 1. The SMILES string of the molecule is CCC(N)Cc1csc(C(C)S(C)(=O)=O)n1. The predicted molar refractivity (Wildman–Crippen MR) is 67.3 cm³/mol. The molecule has 0 saturated heterocycles. The molecule has 4 nitrogen and oxygen atoms in total. The molecular formula is C10H18N2O2S2. The molecule has 0 aliphatic heterocycles. The number of hydrogen-bond donors (Lipinski definition) is 1. The van der Waals surface area contributed by atoms with E-state index in [1.165, 1.54) is 17.6 Å². The van der Waals surface area contributed by atoms with Gasteiger partial charge in [0.2, 0.25) is 0 Å². The second-order valence-corrected chi connectivity index (χ2v) is 7.28. The number of nitrogens with two attached hydrogens (primary N) is 1. The van der Waals surface area contributed by atoms with E-state index < -0.39 is 15.1 Å². The van der Waals surface area contributed by atoms with Gasteiger partial charge in [-0.05, 0) is 13.3 Å². The summed E-state index contributed by atoms with van der Waals surface area (Å²) in [7, 11) is -3.06. The highest BCUT2D eigenvalue weighted by Gasteiger charge is 2.20. The molecule has 1 rings (SSSR count). The third kappa shape index (κ3) is 3.54. The molecule has 1 aromatic heterocycles. The third-order valence-corrected chi connectivity index (χ3v) is 5.29. The van der Waals surface area contributed by atoms with Crippen molar-refractivity contribution >= 4 is 21.2 Å². The molecule has 0 spiro atoms. The van der Waals surface area contributed by atoms with Crippen LogP contribution < -0.4 is 5.73 Å². The molecule has 2 atom stereocenters. The zero-order valence-corrected chi connectivity index (χ0v) is 11.4. The van der Waals surface area contributed by atoms with Gasteiger partial charge in [0, 0.05) is 24.1 Å². The quantitative estimate of drug-likeness (QED) is 0.873. The van der Waals surface area contributed by atoms with Gasteiger partial charge in [0.05, 0.1) is 5.69 Å². The molecule has 0 radical (unpaired) electrons. The molecule has 2 N–H and O–H groups in total. The van der Waals surface area contributed by atoms with Crippen LogP contribution in [0.3, 0.4) is 0 Å². The van der Waals surface area contributed by atoms with Crippen LogP contribution in [0.15, 0.2) is 5.38 Å². The van der Waals surface area contributed by atoms with E-state index in [2.05, 4.69) is 4.98 Å². The van der Waals surface area contributed by atoms with Crippen LogP contribution >= 0.6 is 11.3 Å². The third-order valence-electron chi connectivity index (χ3n) is 2.56. The first-order valence-corrected chi connectivity index (χ1v) is 8.06. The van der Waals surface area contributed by atoms with Gasteiger partial charge in [0.25, 0.3) is 0 Å². The fourth-order valence-corrected chi connectivity index (χ4v) is 3.08. The van der Waals surface area contributed by atoms with Gasteiger partial charge in [0.1, 0.15) is 10.3 Å². The highest BCUT2D eigenvalue weighted by molar-refractivity contribution is 7.91. The van der Waals surface area contributed by atoms with Crippen LogP contribution in [0.25, 0.3) is 0 Å². The normalized spacial score (nSPS) is 16.0. The number of hydrogen-bond acceptors (Lipinski definition) is 5. The van der Waals surface area contributed by atoms with Crippen molar-refractivity contribution in [2.75, 3.05) is 6.26 Å². The smallest absolute Gasteiger partial charge is 0.156 e. The number of sulfone groups is 1. The van der Waals surface area contributed by atoms with Crippen molar-refractivity contribution in [1.82, 2.24) is 4.98 Å². The summed E-state index contributed by atoms with van der Waals surface area (Å²) in [6.07, 6.45) is 2.84. The molecule has 0 saturated carbocycles. The Morgan fingerprint density at radius 1 is 1.56 bits per heavy atom. The molecule has 1 aromatic rings. The van der Waals surface area contributed by atoms with E-state index in [0.29, 0.717) is 11.4 Å². The van der Waals surface area contributed by atoms with Crippen molar-refractivity contribution in [3.63, 3.8) is 0 Å². The molecule has 0 aliphatic carbocycles. The first-order chi connectivity index (χ1) is 7.34. The maximum absolute atomic E-state index is 11.4. The lowest BCUT2D eigenvalue weighted by Crippen LogP contribution is -2.21. The van der Waals surface area contributed by atoms with Crippen LogP contribution in [0, 0.1) is 0 Å². The Morgan fingerprint density at radius 2 is 2.19 bits per heavy atom. The van der Waals surface area contributed by atoms with Crippen molar-refractivity contribution < 1.29 is 8.42 Å². The minimum Gasteiger partial charge on any atom is -0.327 e. The fraction of sp³-hybridized carbons (Fsp3) is 0.700. The van der Waals surface area contributed by atoms with E-state index in [0.717, 1.165) is 12.1 Å². The van der Waals surface area contributed by atoms with Crippen molar-refractivity contribution in [2.45, 2.75) is 38.0 Å². The van der Waals surface area contributed by atoms with Crippen molar-refractivity contribution in [3.8, 4) is 0 Å². The van der Waals surface area contributed by atoms with Crippen LogP contribution in [-0.2, 0) is 16.3 Å². The lowest BCUT2D eigenvalue weighted by atomic mass is 10.1. The van der Waals surface area contributed by atoms with Crippen LogP contribution in [0.1, 0.15) is 36.2 Å². The van der Waals surface area contributed by atoms with Crippen LogP contribution in [0.4, 0.5) is 0 Å². The van der Waals surface area contributed by atoms with Crippen LogP contribution in [0.2, 0.25) is 0 Å².